The Morgan fingerprint density at radius 2 is 1.54 bits per heavy atom. The van der Waals surface area contributed by atoms with Gasteiger partial charge in [-0.2, -0.15) is 0 Å². The summed E-state index contributed by atoms with van der Waals surface area (Å²) in [5, 5.41) is 13.0. The molecule has 2 heterocycles. The molecule has 28 heavy (non-hydrogen) atoms. The predicted octanol–water partition coefficient (Wildman–Crippen LogP) is 6.92. The fourth-order valence-electron chi connectivity index (χ4n) is 2.98. The first-order valence-electron chi connectivity index (χ1n) is 9.38. The lowest BCUT2D eigenvalue weighted by Gasteiger charge is -2.23. The molecule has 0 amide bonds. The van der Waals surface area contributed by atoms with E-state index in [-0.39, 0.29) is 6.42 Å². The maximum Gasteiger partial charge on any atom is 0.303 e. The third kappa shape index (κ3) is 5.59. The number of carboxylic acid groups (broad SMARTS) is 1. The normalized spacial score (nSPS) is 10.8. The van der Waals surface area contributed by atoms with Crippen LogP contribution in [0.15, 0.2) is 47.2 Å². The van der Waals surface area contributed by atoms with Crippen LogP contribution in [0.3, 0.4) is 0 Å². The predicted molar refractivity (Wildman–Crippen MR) is 118 cm³/mol. The number of aryl methyl sites for hydroxylation is 2. The van der Waals surface area contributed by atoms with Crippen LogP contribution in [-0.2, 0) is 4.79 Å². The van der Waals surface area contributed by atoms with Crippen LogP contribution in [-0.4, -0.2) is 17.7 Å². The first-order valence-corrected chi connectivity index (χ1v) is 11.1. The van der Waals surface area contributed by atoms with E-state index >= 15 is 0 Å². The highest BCUT2D eigenvalue weighted by Crippen LogP contribution is 2.39. The molecule has 0 unspecified atom stereocenters. The zero-order valence-corrected chi connectivity index (χ0v) is 17.8. The quantitative estimate of drug-likeness (QED) is 0.365. The third-order valence-corrected chi connectivity index (χ3v) is 6.05. The fourth-order valence-corrected chi connectivity index (χ4v) is 4.32. The summed E-state index contributed by atoms with van der Waals surface area (Å²) in [6.45, 7) is 4.85. The smallest absolute Gasteiger partial charge is 0.303 e. The second kappa shape index (κ2) is 9.75. The molecule has 6 heteroatoms. The minimum absolute atomic E-state index is 0.231. The maximum atomic E-state index is 10.5. The standard InChI is InChI=1S/C22H25NO3S2/c1-16-12-19(14-27-16)23(20-13-17(2)28-15-20)18-7-9-21(10-8-18)26-11-5-3-4-6-22(24)25/h7-10,12-15H,3-6,11H2,1-2H3,(H,24,25). The Hall–Kier alpha value is -2.31. The number of hydrogen-bond donors (Lipinski definition) is 1. The number of thiophene rings is 2. The number of aliphatic carboxylic acids is 1. The van der Waals surface area contributed by atoms with Crippen molar-refractivity contribution >= 4 is 45.7 Å². The van der Waals surface area contributed by atoms with Crippen LogP contribution in [0.5, 0.6) is 5.75 Å². The van der Waals surface area contributed by atoms with E-state index in [2.05, 4.69) is 53.8 Å². The van der Waals surface area contributed by atoms with Gasteiger partial charge >= 0.3 is 5.97 Å². The molecule has 0 bridgehead atoms. The molecular weight excluding hydrogens is 390 g/mol. The lowest BCUT2D eigenvalue weighted by Crippen LogP contribution is -2.08. The Labute approximate surface area is 174 Å². The summed E-state index contributed by atoms with van der Waals surface area (Å²) >= 11 is 3.50. The van der Waals surface area contributed by atoms with Crippen LogP contribution in [0.4, 0.5) is 17.1 Å². The van der Waals surface area contributed by atoms with E-state index in [4.69, 9.17) is 9.84 Å². The van der Waals surface area contributed by atoms with Gasteiger partial charge in [0.15, 0.2) is 0 Å². The van der Waals surface area contributed by atoms with E-state index in [1.165, 1.54) is 21.1 Å². The monoisotopic (exact) mass is 415 g/mol. The summed E-state index contributed by atoms with van der Waals surface area (Å²) in [7, 11) is 0. The molecule has 0 fully saturated rings. The SMILES string of the molecule is Cc1cc(N(c2ccc(OCCCCCC(=O)O)cc2)c2csc(C)c2)cs1. The number of benzene rings is 1. The van der Waals surface area contributed by atoms with Gasteiger partial charge in [0.2, 0.25) is 0 Å². The molecule has 148 valence electrons. The zero-order chi connectivity index (χ0) is 19.9. The van der Waals surface area contributed by atoms with Crippen molar-refractivity contribution in [1.82, 2.24) is 0 Å². The summed E-state index contributed by atoms with van der Waals surface area (Å²) in [5.74, 6) is 0.104. The number of rotatable bonds is 10. The Kier molecular flexibility index (Phi) is 7.12. The van der Waals surface area contributed by atoms with E-state index in [9.17, 15) is 4.79 Å². The van der Waals surface area contributed by atoms with Crippen LogP contribution in [0.2, 0.25) is 0 Å². The van der Waals surface area contributed by atoms with Gasteiger partial charge in [0, 0.05) is 32.6 Å². The second-order valence-electron chi connectivity index (χ2n) is 6.71. The third-order valence-electron chi connectivity index (χ3n) is 4.35. The summed E-state index contributed by atoms with van der Waals surface area (Å²) in [4.78, 5) is 15.4. The van der Waals surface area contributed by atoms with Crippen LogP contribution >= 0.6 is 22.7 Å². The fraction of sp³-hybridized carbons (Fsp3) is 0.318. The van der Waals surface area contributed by atoms with Crippen LogP contribution in [0.25, 0.3) is 0 Å². The molecule has 0 radical (unpaired) electrons. The molecule has 0 aliphatic carbocycles. The molecule has 0 atom stereocenters. The largest absolute Gasteiger partial charge is 0.494 e. The van der Waals surface area contributed by atoms with Crippen LogP contribution in [0.1, 0.15) is 35.4 Å². The van der Waals surface area contributed by atoms with E-state index in [0.29, 0.717) is 13.0 Å². The molecule has 2 aromatic heterocycles. The van der Waals surface area contributed by atoms with E-state index in [0.717, 1.165) is 24.3 Å². The minimum Gasteiger partial charge on any atom is -0.494 e. The highest BCUT2D eigenvalue weighted by Gasteiger charge is 2.15. The highest BCUT2D eigenvalue weighted by atomic mass is 32.1. The lowest BCUT2D eigenvalue weighted by atomic mass is 10.2. The van der Waals surface area contributed by atoms with Crippen molar-refractivity contribution < 1.29 is 14.6 Å². The molecule has 0 saturated carbocycles. The van der Waals surface area contributed by atoms with Crippen molar-refractivity contribution in [2.45, 2.75) is 39.5 Å². The number of carboxylic acids is 1. The maximum absolute atomic E-state index is 10.5. The Bertz CT molecular complexity index is 858. The number of hydrogen-bond acceptors (Lipinski definition) is 5. The molecule has 4 nitrogen and oxygen atoms in total. The first kappa shape index (κ1) is 20.4. The van der Waals surface area contributed by atoms with E-state index in [1.807, 2.05) is 12.1 Å². The second-order valence-corrected chi connectivity index (χ2v) is 8.94. The van der Waals surface area contributed by atoms with Gasteiger partial charge in [-0.1, -0.05) is 0 Å². The minimum atomic E-state index is -0.734. The van der Waals surface area contributed by atoms with Gasteiger partial charge in [-0.15, -0.1) is 22.7 Å². The average molecular weight is 416 g/mol. The molecule has 1 aromatic carbocycles. The molecule has 0 spiro atoms. The van der Waals surface area contributed by atoms with Gasteiger partial charge in [-0.3, -0.25) is 4.79 Å². The van der Waals surface area contributed by atoms with Crippen molar-refractivity contribution in [2.75, 3.05) is 11.5 Å². The van der Waals surface area contributed by atoms with Crippen LogP contribution in [0, 0.1) is 13.8 Å². The van der Waals surface area contributed by atoms with Crippen molar-refractivity contribution in [3.63, 3.8) is 0 Å². The number of carbonyl (C=O) groups is 1. The Morgan fingerprint density at radius 3 is 2.04 bits per heavy atom. The van der Waals surface area contributed by atoms with Gasteiger partial charge < -0.3 is 14.7 Å². The summed E-state index contributed by atoms with van der Waals surface area (Å²) < 4.78 is 5.81. The number of nitrogens with zero attached hydrogens (tertiary/aromatic N) is 1. The molecule has 0 aliphatic rings. The number of ether oxygens (including phenoxy) is 1. The Morgan fingerprint density at radius 1 is 0.929 bits per heavy atom. The molecule has 1 N–H and O–H groups in total. The van der Waals surface area contributed by atoms with Gasteiger partial charge in [-0.05, 0) is 69.5 Å². The molecular formula is C22H25NO3S2. The van der Waals surface area contributed by atoms with Crippen molar-refractivity contribution in [2.24, 2.45) is 0 Å². The Balaban J connectivity index is 1.65. The van der Waals surface area contributed by atoms with E-state index < -0.39 is 5.97 Å². The van der Waals surface area contributed by atoms with Crippen molar-refractivity contribution in [3.05, 3.63) is 56.9 Å². The van der Waals surface area contributed by atoms with Crippen LogP contribution < -0.4 is 9.64 Å². The van der Waals surface area contributed by atoms with E-state index in [1.54, 1.807) is 22.7 Å². The van der Waals surface area contributed by atoms with Crippen molar-refractivity contribution in [1.29, 1.82) is 0 Å². The van der Waals surface area contributed by atoms with Gasteiger partial charge in [-0.25, -0.2) is 0 Å². The van der Waals surface area contributed by atoms with Gasteiger partial charge in [0.05, 0.1) is 18.0 Å². The molecule has 0 aliphatic heterocycles. The first-order chi connectivity index (χ1) is 13.5. The molecule has 3 aromatic rings. The van der Waals surface area contributed by atoms with Gasteiger partial charge in [0.1, 0.15) is 5.75 Å². The molecule has 0 saturated heterocycles. The average Bonchev–Trinajstić information content (AvgIpc) is 3.28. The lowest BCUT2D eigenvalue weighted by molar-refractivity contribution is -0.137. The zero-order valence-electron chi connectivity index (χ0n) is 16.2. The summed E-state index contributed by atoms with van der Waals surface area (Å²) in [6, 6.07) is 12.6. The topological polar surface area (TPSA) is 49.8 Å². The summed E-state index contributed by atoms with van der Waals surface area (Å²) in [5.41, 5.74) is 3.45. The number of unbranched alkanes of at least 4 members (excludes halogenated alkanes) is 2. The van der Waals surface area contributed by atoms with Gasteiger partial charge in [0.25, 0.3) is 0 Å². The highest BCUT2D eigenvalue weighted by molar-refractivity contribution is 7.10. The number of anilines is 3. The van der Waals surface area contributed by atoms with Crippen molar-refractivity contribution in [3.8, 4) is 5.75 Å². The molecule has 3 rings (SSSR count). The summed E-state index contributed by atoms with van der Waals surface area (Å²) in [6.07, 6.45) is 2.66.